The highest BCUT2D eigenvalue weighted by molar-refractivity contribution is 7.14. The van der Waals surface area contributed by atoms with Crippen molar-refractivity contribution in [2.45, 2.75) is 51.6 Å². The molecule has 2 N–H and O–H groups in total. The number of piperidine rings is 1. The first-order valence-electron chi connectivity index (χ1n) is 9.59. The lowest BCUT2D eigenvalue weighted by Crippen LogP contribution is -3.11. The van der Waals surface area contributed by atoms with Crippen molar-refractivity contribution in [2.24, 2.45) is 0 Å². The predicted molar refractivity (Wildman–Crippen MR) is 102 cm³/mol. The molecular weight excluding hydrogens is 328 g/mol. The van der Waals surface area contributed by atoms with Crippen molar-refractivity contribution < 1.29 is 9.69 Å². The summed E-state index contributed by atoms with van der Waals surface area (Å²) >= 11 is 1.67. The quantitative estimate of drug-likeness (QED) is 0.850. The maximum atomic E-state index is 12.3. The van der Waals surface area contributed by atoms with E-state index >= 15 is 0 Å². The second-order valence-electron chi connectivity index (χ2n) is 7.40. The van der Waals surface area contributed by atoms with Crippen LogP contribution in [0.15, 0.2) is 30.3 Å². The molecule has 2 heterocycles. The number of likely N-dealkylation sites (tertiary alicyclic amines) is 1. The monoisotopic (exact) mass is 355 g/mol. The van der Waals surface area contributed by atoms with E-state index in [0.29, 0.717) is 6.54 Å². The van der Waals surface area contributed by atoms with Gasteiger partial charge in [0.1, 0.15) is 6.54 Å². The number of benzene rings is 1. The lowest BCUT2D eigenvalue weighted by atomic mass is 10.1. The van der Waals surface area contributed by atoms with Crippen LogP contribution in [0.25, 0.3) is 0 Å². The average Bonchev–Trinajstić information content (AvgIpc) is 3.24. The Morgan fingerprint density at radius 2 is 1.76 bits per heavy atom. The molecule has 1 fully saturated rings. The summed E-state index contributed by atoms with van der Waals surface area (Å²) in [6.07, 6.45) is 7.66. The Labute approximate surface area is 154 Å². The number of aryl methyl sites for hydroxylation is 2. The topological polar surface area (TPSA) is 33.5 Å². The van der Waals surface area contributed by atoms with Crippen LogP contribution in [-0.4, -0.2) is 19.0 Å². The van der Waals surface area contributed by atoms with Crippen molar-refractivity contribution in [2.75, 3.05) is 13.1 Å². The van der Waals surface area contributed by atoms with Crippen LogP contribution < -0.4 is 10.2 Å². The van der Waals surface area contributed by atoms with Gasteiger partial charge in [-0.3, -0.25) is 4.79 Å². The third-order valence-corrected chi connectivity index (χ3v) is 6.70. The van der Waals surface area contributed by atoms with Gasteiger partial charge < -0.3 is 10.2 Å². The van der Waals surface area contributed by atoms with Gasteiger partial charge >= 0.3 is 0 Å². The van der Waals surface area contributed by atoms with Crippen molar-refractivity contribution in [1.82, 2.24) is 5.32 Å². The van der Waals surface area contributed by atoms with Crippen LogP contribution in [-0.2, 0) is 25.9 Å². The molecule has 0 spiro atoms. The fourth-order valence-corrected chi connectivity index (χ4v) is 5.17. The number of quaternary nitrogens is 1. The third-order valence-electron chi connectivity index (χ3n) is 5.46. The van der Waals surface area contributed by atoms with Gasteiger partial charge in [0.15, 0.2) is 0 Å². The van der Waals surface area contributed by atoms with E-state index in [1.165, 1.54) is 60.3 Å². The normalized spacial score (nSPS) is 17.4. The number of rotatable bonds is 5. The van der Waals surface area contributed by atoms with Crippen molar-refractivity contribution in [1.29, 1.82) is 0 Å². The molecule has 4 heteroatoms. The van der Waals surface area contributed by atoms with Crippen LogP contribution in [0.5, 0.6) is 0 Å². The van der Waals surface area contributed by atoms with E-state index < -0.39 is 0 Å². The molecule has 0 unspecified atom stereocenters. The largest absolute Gasteiger partial charge is 0.347 e. The molecule has 0 saturated carbocycles. The van der Waals surface area contributed by atoms with Crippen molar-refractivity contribution in [3.63, 3.8) is 0 Å². The predicted octanol–water partition coefficient (Wildman–Crippen LogP) is 2.74. The van der Waals surface area contributed by atoms with Crippen LogP contribution >= 0.6 is 11.3 Å². The first-order valence-corrected chi connectivity index (χ1v) is 10.4. The van der Waals surface area contributed by atoms with E-state index in [1.54, 1.807) is 16.2 Å². The number of carbonyl (C=O) groups is 1. The molecule has 1 aromatic carbocycles. The average molecular weight is 356 g/mol. The Morgan fingerprint density at radius 1 is 1.00 bits per heavy atom. The van der Waals surface area contributed by atoms with Crippen molar-refractivity contribution >= 4 is 17.2 Å². The van der Waals surface area contributed by atoms with Gasteiger partial charge in [-0.25, -0.2) is 0 Å². The van der Waals surface area contributed by atoms with E-state index in [9.17, 15) is 4.79 Å². The highest BCUT2D eigenvalue weighted by atomic mass is 32.1. The lowest BCUT2D eigenvalue weighted by Gasteiger charge is -2.23. The fourth-order valence-electron chi connectivity index (χ4n) is 4.00. The van der Waals surface area contributed by atoms with Gasteiger partial charge in [0, 0.05) is 17.0 Å². The molecule has 3 nitrogen and oxygen atoms in total. The minimum Gasteiger partial charge on any atom is -0.347 e. The molecule has 1 amide bonds. The van der Waals surface area contributed by atoms with Gasteiger partial charge in [-0.2, -0.15) is 0 Å². The summed E-state index contributed by atoms with van der Waals surface area (Å²) in [5.74, 6) is 0.0706. The first-order chi connectivity index (χ1) is 12.3. The second kappa shape index (κ2) is 7.71. The molecule has 25 heavy (non-hydrogen) atoms. The number of hydrogen-bond donors (Lipinski definition) is 2. The highest BCUT2D eigenvalue weighted by Crippen LogP contribution is 2.30. The second-order valence-corrected chi connectivity index (χ2v) is 8.54. The fraction of sp³-hybridized carbons (Fsp3) is 0.476. The zero-order valence-electron chi connectivity index (χ0n) is 14.8. The smallest absolute Gasteiger partial charge is 0.261 e. The molecule has 132 valence electrons. The summed E-state index contributed by atoms with van der Waals surface area (Å²) in [6.45, 7) is 4.36. The third kappa shape index (κ3) is 4.13. The Hall–Kier alpha value is -1.65. The number of carbonyl (C=O) groups excluding carboxylic acids is 1. The van der Waals surface area contributed by atoms with Gasteiger partial charge in [0.05, 0.1) is 18.0 Å². The Morgan fingerprint density at radius 3 is 2.52 bits per heavy atom. The molecule has 0 atom stereocenters. The van der Waals surface area contributed by atoms with Crippen molar-refractivity contribution in [3.05, 3.63) is 56.8 Å². The minimum atomic E-state index is 0.0706. The summed E-state index contributed by atoms with van der Waals surface area (Å²) in [5.41, 5.74) is 3.97. The maximum Gasteiger partial charge on any atom is 0.261 e. The molecule has 4 rings (SSSR count). The molecular formula is C21H27N2OS+. The van der Waals surface area contributed by atoms with Crippen LogP contribution in [0.3, 0.4) is 0 Å². The van der Waals surface area contributed by atoms with Gasteiger partial charge in [0.2, 0.25) is 0 Å². The molecule has 1 aromatic heterocycles. The number of amides is 1. The molecule has 2 aliphatic rings. The van der Waals surface area contributed by atoms with Crippen LogP contribution in [0, 0.1) is 0 Å². The lowest BCUT2D eigenvalue weighted by molar-refractivity contribution is -0.918. The maximum absolute atomic E-state index is 12.3. The zero-order chi connectivity index (χ0) is 17.1. The highest BCUT2D eigenvalue weighted by Gasteiger charge is 2.18. The van der Waals surface area contributed by atoms with Crippen LogP contribution in [0.1, 0.15) is 56.9 Å². The summed E-state index contributed by atoms with van der Waals surface area (Å²) < 4.78 is 0. The van der Waals surface area contributed by atoms with E-state index in [4.69, 9.17) is 0 Å². The Balaban J connectivity index is 1.29. The minimum absolute atomic E-state index is 0.0706. The zero-order valence-corrected chi connectivity index (χ0v) is 15.6. The molecule has 1 aliphatic heterocycles. The Bertz CT molecular complexity index is 707. The van der Waals surface area contributed by atoms with E-state index in [-0.39, 0.29) is 5.91 Å². The van der Waals surface area contributed by atoms with Crippen LogP contribution in [0.4, 0.5) is 0 Å². The molecule has 0 radical (unpaired) electrons. The summed E-state index contributed by atoms with van der Waals surface area (Å²) in [4.78, 5) is 16.3. The van der Waals surface area contributed by atoms with Gasteiger partial charge in [-0.15, -0.1) is 11.3 Å². The summed E-state index contributed by atoms with van der Waals surface area (Å²) in [7, 11) is 0. The molecule has 0 bridgehead atoms. The molecule has 2 aromatic rings. The van der Waals surface area contributed by atoms with Gasteiger partial charge in [-0.1, -0.05) is 24.3 Å². The number of fused-ring (bicyclic) bond motifs is 1. The number of nitrogens with one attached hydrogen (secondary N) is 2. The van der Waals surface area contributed by atoms with E-state index in [0.717, 1.165) is 24.3 Å². The summed E-state index contributed by atoms with van der Waals surface area (Å²) in [5, 5.41) is 3.07. The SMILES string of the molecule is O=C(NCc1ccc(C[NH+]2CCCCC2)cc1)c1cc2c(s1)CCC2. The molecule has 1 saturated heterocycles. The number of thiophene rings is 1. The first kappa shape index (κ1) is 16.8. The number of hydrogen-bond acceptors (Lipinski definition) is 2. The van der Waals surface area contributed by atoms with Crippen molar-refractivity contribution in [3.8, 4) is 0 Å². The standard InChI is InChI=1S/C21H26N2OS/c24-21(20-13-18-5-4-6-19(18)25-20)22-14-16-7-9-17(10-8-16)15-23-11-2-1-3-12-23/h7-10,13H,1-6,11-12,14-15H2,(H,22,24)/p+1. The molecule has 1 aliphatic carbocycles. The van der Waals surface area contributed by atoms with Gasteiger partial charge in [0.25, 0.3) is 5.91 Å². The summed E-state index contributed by atoms with van der Waals surface area (Å²) in [6, 6.07) is 10.9. The van der Waals surface area contributed by atoms with Gasteiger partial charge in [-0.05, 0) is 55.7 Å². The van der Waals surface area contributed by atoms with E-state index in [1.807, 2.05) is 0 Å². The van der Waals surface area contributed by atoms with Crippen LogP contribution in [0.2, 0.25) is 0 Å². The Kier molecular flexibility index (Phi) is 5.18. The van der Waals surface area contributed by atoms with E-state index in [2.05, 4.69) is 35.6 Å².